The Morgan fingerprint density at radius 1 is 0.875 bits per heavy atom. The van der Waals surface area contributed by atoms with Crippen molar-refractivity contribution >= 4 is 22.7 Å². The largest absolute Gasteiger partial charge is 0.493 e. The molecule has 0 saturated heterocycles. The summed E-state index contributed by atoms with van der Waals surface area (Å²) in [7, 11) is 3.21. The fraction of sp³-hybridized carbons (Fsp3) is 0.208. The lowest BCUT2D eigenvalue weighted by Gasteiger charge is -2.15. The van der Waals surface area contributed by atoms with E-state index < -0.39 is 0 Å². The van der Waals surface area contributed by atoms with Crippen molar-refractivity contribution in [3.63, 3.8) is 0 Å². The number of rotatable bonds is 10. The second-order valence-electron chi connectivity index (χ2n) is 6.92. The number of aromatic nitrogens is 3. The number of hydrogen-bond donors (Lipinski definition) is 2. The van der Waals surface area contributed by atoms with Gasteiger partial charge in [0, 0.05) is 30.4 Å². The molecule has 0 amide bonds. The predicted octanol–water partition coefficient (Wildman–Crippen LogP) is 4.15. The molecule has 0 fully saturated rings. The molecule has 0 radical (unpaired) electrons. The summed E-state index contributed by atoms with van der Waals surface area (Å²) in [5.41, 5.74) is 1.77. The molecule has 0 aliphatic rings. The number of para-hydroxylation sites is 1. The molecule has 2 aromatic heterocycles. The summed E-state index contributed by atoms with van der Waals surface area (Å²) in [5.74, 6) is 3.23. The summed E-state index contributed by atoms with van der Waals surface area (Å²) in [5, 5.41) is 7.46. The minimum Gasteiger partial charge on any atom is -0.493 e. The van der Waals surface area contributed by atoms with E-state index in [2.05, 4.69) is 25.6 Å². The summed E-state index contributed by atoms with van der Waals surface area (Å²) < 4.78 is 16.7. The Morgan fingerprint density at radius 3 is 2.44 bits per heavy atom. The van der Waals surface area contributed by atoms with Gasteiger partial charge in [-0.25, -0.2) is 4.98 Å². The average molecular weight is 431 g/mol. The van der Waals surface area contributed by atoms with Gasteiger partial charge in [-0.1, -0.05) is 24.3 Å². The summed E-state index contributed by atoms with van der Waals surface area (Å²) in [6, 6.07) is 17.3. The zero-order chi connectivity index (χ0) is 22.2. The van der Waals surface area contributed by atoms with Crippen LogP contribution in [0.3, 0.4) is 0 Å². The number of hydrogen-bond acceptors (Lipinski definition) is 8. The normalized spacial score (nSPS) is 10.6. The van der Waals surface area contributed by atoms with Crippen molar-refractivity contribution in [3.8, 4) is 17.2 Å². The van der Waals surface area contributed by atoms with Crippen molar-refractivity contribution in [3.05, 3.63) is 72.6 Å². The van der Waals surface area contributed by atoms with Crippen LogP contribution in [-0.2, 0) is 6.54 Å². The van der Waals surface area contributed by atoms with Gasteiger partial charge in [0.25, 0.3) is 0 Å². The molecule has 4 aromatic rings. The quantitative estimate of drug-likeness (QED) is 0.362. The molecule has 0 unspecified atom stereocenters. The van der Waals surface area contributed by atoms with Gasteiger partial charge in [0.05, 0.1) is 26.3 Å². The van der Waals surface area contributed by atoms with E-state index in [1.54, 1.807) is 20.4 Å². The van der Waals surface area contributed by atoms with Crippen LogP contribution in [0.2, 0.25) is 0 Å². The molecule has 8 heteroatoms. The lowest BCUT2D eigenvalue weighted by Crippen LogP contribution is -2.14. The number of nitrogens with one attached hydrogen (secondary N) is 2. The van der Waals surface area contributed by atoms with E-state index >= 15 is 0 Å². The van der Waals surface area contributed by atoms with E-state index in [-0.39, 0.29) is 0 Å². The van der Waals surface area contributed by atoms with Crippen LogP contribution in [0.1, 0.15) is 5.56 Å². The molecule has 32 heavy (non-hydrogen) atoms. The van der Waals surface area contributed by atoms with Gasteiger partial charge in [0.15, 0.2) is 11.5 Å². The number of nitrogens with zero attached hydrogens (tertiary/aromatic N) is 3. The standard InChI is InChI=1S/C24H25N5O3/c1-30-21-13-19-20(14-22(21)31-2)28-24(27-16-17-7-6-10-25-15-17)29-23(19)26-11-12-32-18-8-4-3-5-9-18/h3-10,13-15H,11-12,16H2,1-2H3,(H2,26,27,28,29). The van der Waals surface area contributed by atoms with Gasteiger partial charge < -0.3 is 24.8 Å². The second-order valence-corrected chi connectivity index (χ2v) is 6.92. The fourth-order valence-corrected chi connectivity index (χ4v) is 3.21. The van der Waals surface area contributed by atoms with Crippen LogP contribution in [-0.4, -0.2) is 42.3 Å². The molecular formula is C24H25N5O3. The van der Waals surface area contributed by atoms with Crippen LogP contribution < -0.4 is 24.8 Å². The van der Waals surface area contributed by atoms with E-state index in [1.165, 1.54) is 0 Å². The number of anilines is 2. The highest BCUT2D eigenvalue weighted by Gasteiger charge is 2.13. The lowest BCUT2D eigenvalue weighted by molar-refractivity contribution is 0.333. The van der Waals surface area contributed by atoms with E-state index in [0.717, 1.165) is 22.2 Å². The van der Waals surface area contributed by atoms with Crippen molar-refractivity contribution < 1.29 is 14.2 Å². The molecule has 2 heterocycles. The maximum atomic E-state index is 5.78. The van der Waals surface area contributed by atoms with Crippen LogP contribution >= 0.6 is 0 Å². The number of fused-ring (bicyclic) bond motifs is 1. The van der Waals surface area contributed by atoms with Crippen molar-refractivity contribution in [2.75, 3.05) is 38.0 Å². The van der Waals surface area contributed by atoms with Gasteiger partial charge >= 0.3 is 0 Å². The fourth-order valence-electron chi connectivity index (χ4n) is 3.21. The Hall–Kier alpha value is -4.07. The third-order valence-corrected chi connectivity index (χ3v) is 4.78. The van der Waals surface area contributed by atoms with Crippen LogP contribution in [0, 0.1) is 0 Å². The molecular weight excluding hydrogens is 406 g/mol. The van der Waals surface area contributed by atoms with Gasteiger partial charge in [0.2, 0.25) is 5.95 Å². The first-order chi connectivity index (χ1) is 15.8. The van der Waals surface area contributed by atoms with Gasteiger partial charge in [0.1, 0.15) is 18.2 Å². The molecule has 0 atom stereocenters. The highest BCUT2D eigenvalue weighted by atomic mass is 16.5. The van der Waals surface area contributed by atoms with Crippen LogP contribution in [0.5, 0.6) is 17.2 Å². The zero-order valence-electron chi connectivity index (χ0n) is 18.0. The summed E-state index contributed by atoms with van der Waals surface area (Å²) in [4.78, 5) is 13.5. The first-order valence-electron chi connectivity index (χ1n) is 10.2. The Labute approximate surface area is 186 Å². The Bertz CT molecular complexity index is 1160. The summed E-state index contributed by atoms with van der Waals surface area (Å²) >= 11 is 0. The van der Waals surface area contributed by atoms with E-state index in [1.807, 2.05) is 60.8 Å². The molecule has 4 rings (SSSR count). The van der Waals surface area contributed by atoms with Crippen molar-refractivity contribution in [1.82, 2.24) is 15.0 Å². The number of methoxy groups -OCH3 is 2. The van der Waals surface area contributed by atoms with E-state index in [4.69, 9.17) is 14.2 Å². The minimum absolute atomic E-state index is 0.487. The number of benzene rings is 2. The molecule has 0 aliphatic carbocycles. The topological polar surface area (TPSA) is 90.4 Å². The second kappa shape index (κ2) is 10.3. The maximum Gasteiger partial charge on any atom is 0.225 e. The lowest BCUT2D eigenvalue weighted by atomic mass is 10.2. The van der Waals surface area contributed by atoms with Crippen LogP contribution in [0.15, 0.2) is 67.0 Å². The van der Waals surface area contributed by atoms with Crippen LogP contribution in [0.4, 0.5) is 11.8 Å². The minimum atomic E-state index is 0.487. The Morgan fingerprint density at radius 2 is 1.69 bits per heavy atom. The Balaban J connectivity index is 1.56. The smallest absolute Gasteiger partial charge is 0.225 e. The first kappa shape index (κ1) is 21.2. The van der Waals surface area contributed by atoms with Crippen molar-refractivity contribution in [2.24, 2.45) is 0 Å². The van der Waals surface area contributed by atoms with Crippen LogP contribution in [0.25, 0.3) is 10.9 Å². The van der Waals surface area contributed by atoms with Gasteiger partial charge in [-0.15, -0.1) is 0 Å². The SMILES string of the molecule is COc1cc2nc(NCc3cccnc3)nc(NCCOc3ccccc3)c2cc1OC. The van der Waals surface area contributed by atoms with E-state index in [0.29, 0.717) is 43.0 Å². The third-order valence-electron chi connectivity index (χ3n) is 4.78. The average Bonchev–Trinajstić information content (AvgIpc) is 2.85. The molecule has 164 valence electrons. The van der Waals surface area contributed by atoms with Crippen molar-refractivity contribution in [2.45, 2.75) is 6.54 Å². The predicted molar refractivity (Wildman–Crippen MR) is 125 cm³/mol. The Kier molecular flexibility index (Phi) is 6.81. The van der Waals surface area contributed by atoms with E-state index in [9.17, 15) is 0 Å². The monoisotopic (exact) mass is 431 g/mol. The van der Waals surface area contributed by atoms with Gasteiger partial charge in [-0.2, -0.15) is 4.98 Å². The van der Waals surface area contributed by atoms with Gasteiger partial charge in [-0.05, 0) is 29.8 Å². The number of pyridine rings is 1. The molecule has 0 bridgehead atoms. The summed E-state index contributed by atoms with van der Waals surface area (Å²) in [6.07, 6.45) is 3.55. The van der Waals surface area contributed by atoms with Gasteiger partial charge in [-0.3, -0.25) is 4.98 Å². The third kappa shape index (κ3) is 5.15. The molecule has 8 nitrogen and oxygen atoms in total. The highest BCUT2D eigenvalue weighted by Crippen LogP contribution is 2.34. The summed E-state index contributed by atoms with van der Waals surface area (Å²) in [6.45, 7) is 1.61. The highest BCUT2D eigenvalue weighted by molar-refractivity contribution is 5.92. The molecule has 2 N–H and O–H groups in total. The first-order valence-corrected chi connectivity index (χ1v) is 10.2. The molecule has 2 aromatic carbocycles. The molecule has 0 spiro atoms. The molecule has 0 aliphatic heterocycles. The zero-order valence-corrected chi connectivity index (χ0v) is 18.0. The van der Waals surface area contributed by atoms with Crippen molar-refractivity contribution in [1.29, 1.82) is 0 Å². The molecule has 0 saturated carbocycles. The number of ether oxygens (including phenoxy) is 3. The maximum absolute atomic E-state index is 5.78.